The third kappa shape index (κ3) is 4.96. The minimum absolute atomic E-state index is 0.371. The van der Waals surface area contributed by atoms with Gasteiger partial charge < -0.3 is 10.2 Å². The van der Waals surface area contributed by atoms with Gasteiger partial charge in [0.15, 0.2) is 0 Å². The Kier molecular flexibility index (Phi) is 6.97. The number of rotatable bonds is 6. The maximum absolute atomic E-state index is 12.6. The summed E-state index contributed by atoms with van der Waals surface area (Å²) in [6.45, 7) is 7.17. The molecule has 2 aliphatic heterocycles. The van der Waals surface area contributed by atoms with Crippen molar-refractivity contribution in [1.29, 1.82) is 0 Å². The van der Waals surface area contributed by atoms with Crippen molar-refractivity contribution in [2.45, 2.75) is 57.9 Å². The predicted molar refractivity (Wildman–Crippen MR) is 87.4 cm³/mol. The molecule has 0 aromatic heterocycles. The predicted octanol–water partition coefficient (Wildman–Crippen LogP) is 2.10. The maximum Gasteiger partial charge on any atom is 0.236 e. The second-order valence-electron chi connectivity index (χ2n) is 6.76. The van der Waals surface area contributed by atoms with Gasteiger partial charge >= 0.3 is 0 Å². The van der Waals surface area contributed by atoms with E-state index in [0.717, 1.165) is 38.5 Å². The fourth-order valence-electron chi connectivity index (χ4n) is 3.82. The molecule has 0 spiro atoms. The Morgan fingerprint density at radius 1 is 1.14 bits per heavy atom. The van der Waals surface area contributed by atoms with Crippen LogP contribution in [0.1, 0.15) is 51.9 Å². The Hall–Kier alpha value is -0.610. The van der Waals surface area contributed by atoms with Crippen LogP contribution in [0.2, 0.25) is 0 Å². The molecule has 0 aromatic carbocycles. The molecule has 122 valence electrons. The van der Waals surface area contributed by atoms with Gasteiger partial charge in [0.2, 0.25) is 5.91 Å². The van der Waals surface area contributed by atoms with E-state index < -0.39 is 0 Å². The molecule has 1 amide bonds. The smallest absolute Gasteiger partial charge is 0.236 e. The summed E-state index contributed by atoms with van der Waals surface area (Å²) in [7, 11) is 2.02. The molecule has 2 rings (SSSR count). The van der Waals surface area contributed by atoms with Crippen LogP contribution in [0.25, 0.3) is 0 Å². The zero-order chi connectivity index (χ0) is 15.1. The fourth-order valence-corrected chi connectivity index (χ4v) is 3.82. The van der Waals surface area contributed by atoms with Crippen molar-refractivity contribution >= 4 is 5.91 Å². The Balaban J connectivity index is 1.73. The van der Waals surface area contributed by atoms with Crippen molar-refractivity contribution in [2.24, 2.45) is 5.92 Å². The highest BCUT2D eigenvalue weighted by atomic mass is 16.2. The Bertz CT molecular complexity index is 313. The van der Waals surface area contributed by atoms with E-state index in [0.29, 0.717) is 18.5 Å². The number of nitrogens with zero attached hydrogens (tertiary/aromatic N) is 2. The van der Waals surface area contributed by atoms with E-state index in [4.69, 9.17) is 0 Å². The molecule has 2 heterocycles. The number of piperidine rings is 2. The van der Waals surface area contributed by atoms with Crippen LogP contribution < -0.4 is 5.32 Å². The molecule has 4 nitrogen and oxygen atoms in total. The van der Waals surface area contributed by atoms with E-state index in [1.807, 2.05) is 7.05 Å². The van der Waals surface area contributed by atoms with Gasteiger partial charge in [0, 0.05) is 12.6 Å². The molecule has 0 saturated carbocycles. The lowest BCUT2D eigenvalue weighted by Gasteiger charge is -2.38. The summed E-state index contributed by atoms with van der Waals surface area (Å²) in [5.74, 6) is 1.22. The minimum atomic E-state index is 0.371. The molecular formula is C17H33N3O. The van der Waals surface area contributed by atoms with E-state index in [2.05, 4.69) is 22.0 Å². The Labute approximate surface area is 130 Å². The lowest BCUT2D eigenvalue weighted by Crippen LogP contribution is -2.49. The lowest BCUT2D eigenvalue weighted by atomic mass is 9.93. The van der Waals surface area contributed by atoms with Gasteiger partial charge in [-0.1, -0.05) is 6.92 Å². The molecular weight excluding hydrogens is 262 g/mol. The van der Waals surface area contributed by atoms with Crippen LogP contribution in [0.5, 0.6) is 0 Å². The average Bonchev–Trinajstić information content (AvgIpc) is 2.54. The summed E-state index contributed by atoms with van der Waals surface area (Å²) in [6, 6.07) is 0.499. The number of hydrogen-bond acceptors (Lipinski definition) is 3. The van der Waals surface area contributed by atoms with Crippen molar-refractivity contribution in [3.63, 3.8) is 0 Å². The van der Waals surface area contributed by atoms with Crippen molar-refractivity contribution in [2.75, 3.05) is 39.8 Å². The molecule has 4 heteroatoms. The highest BCUT2D eigenvalue weighted by molar-refractivity contribution is 5.78. The van der Waals surface area contributed by atoms with Gasteiger partial charge in [-0.3, -0.25) is 9.69 Å². The van der Waals surface area contributed by atoms with Crippen LogP contribution in [0.3, 0.4) is 0 Å². The third-order valence-electron chi connectivity index (χ3n) is 5.29. The number of hydrogen-bond donors (Lipinski definition) is 1. The molecule has 2 saturated heterocycles. The second-order valence-corrected chi connectivity index (χ2v) is 6.76. The molecule has 0 aliphatic carbocycles. The molecule has 21 heavy (non-hydrogen) atoms. The molecule has 1 atom stereocenters. The van der Waals surface area contributed by atoms with Crippen LogP contribution >= 0.6 is 0 Å². The summed E-state index contributed by atoms with van der Waals surface area (Å²) < 4.78 is 0. The van der Waals surface area contributed by atoms with Gasteiger partial charge in [0.1, 0.15) is 0 Å². The number of nitrogens with one attached hydrogen (secondary N) is 1. The highest BCUT2D eigenvalue weighted by Gasteiger charge is 2.27. The number of amides is 1. The van der Waals surface area contributed by atoms with Gasteiger partial charge in [-0.2, -0.15) is 0 Å². The number of carbonyl (C=O) groups is 1. The first-order chi connectivity index (χ1) is 10.2. The van der Waals surface area contributed by atoms with Crippen LogP contribution in [0.4, 0.5) is 0 Å². The van der Waals surface area contributed by atoms with E-state index in [1.165, 1.54) is 38.5 Å². The van der Waals surface area contributed by atoms with Crippen LogP contribution in [0, 0.1) is 5.92 Å². The standard InChI is InChI=1S/C17H33N3O/c1-3-16-6-4-5-11-20(16)17(21)14-19-12-8-15(9-13-19)7-10-18-2/h15-16,18H,3-14H2,1-2H3. The number of carbonyl (C=O) groups excluding carboxylic acids is 1. The molecule has 0 bridgehead atoms. The normalized spacial score (nSPS) is 25.2. The first-order valence-electron chi connectivity index (χ1n) is 8.91. The third-order valence-corrected chi connectivity index (χ3v) is 5.29. The summed E-state index contributed by atoms with van der Waals surface area (Å²) in [5, 5.41) is 3.24. The van der Waals surface area contributed by atoms with Crippen LogP contribution in [-0.2, 0) is 4.79 Å². The molecule has 1 N–H and O–H groups in total. The monoisotopic (exact) mass is 295 g/mol. The molecule has 2 fully saturated rings. The maximum atomic E-state index is 12.6. The van der Waals surface area contributed by atoms with Crippen LogP contribution in [0.15, 0.2) is 0 Å². The topological polar surface area (TPSA) is 35.6 Å². The van der Waals surface area contributed by atoms with E-state index >= 15 is 0 Å². The van der Waals surface area contributed by atoms with Gasteiger partial charge in [-0.15, -0.1) is 0 Å². The molecule has 1 unspecified atom stereocenters. The van der Waals surface area contributed by atoms with E-state index in [9.17, 15) is 4.79 Å². The summed E-state index contributed by atoms with van der Waals surface area (Å²) in [6.07, 6.45) is 8.58. The molecule has 2 aliphatic rings. The lowest BCUT2D eigenvalue weighted by molar-refractivity contribution is -0.136. The second kappa shape index (κ2) is 8.74. The fraction of sp³-hybridized carbons (Fsp3) is 0.941. The van der Waals surface area contributed by atoms with E-state index in [1.54, 1.807) is 0 Å². The quantitative estimate of drug-likeness (QED) is 0.815. The van der Waals surface area contributed by atoms with Crippen LogP contribution in [-0.4, -0.2) is 61.5 Å². The van der Waals surface area contributed by atoms with Crippen molar-refractivity contribution in [3.05, 3.63) is 0 Å². The zero-order valence-electron chi connectivity index (χ0n) is 13.9. The summed E-state index contributed by atoms with van der Waals surface area (Å²) in [4.78, 5) is 17.1. The van der Waals surface area contributed by atoms with Gasteiger partial charge in [0.05, 0.1) is 6.54 Å². The molecule has 0 aromatic rings. The average molecular weight is 295 g/mol. The summed E-state index contributed by atoms with van der Waals surface area (Å²) >= 11 is 0. The van der Waals surface area contributed by atoms with Crippen molar-refractivity contribution in [3.8, 4) is 0 Å². The van der Waals surface area contributed by atoms with Gasteiger partial charge in [-0.05, 0) is 77.5 Å². The minimum Gasteiger partial charge on any atom is -0.339 e. The largest absolute Gasteiger partial charge is 0.339 e. The first-order valence-corrected chi connectivity index (χ1v) is 8.91. The van der Waals surface area contributed by atoms with E-state index in [-0.39, 0.29) is 0 Å². The van der Waals surface area contributed by atoms with Crippen molar-refractivity contribution < 1.29 is 4.79 Å². The SMILES string of the molecule is CCC1CCCCN1C(=O)CN1CCC(CCNC)CC1. The Morgan fingerprint density at radius 2 is 1.90 bits per heavy atom. The van der Waals surface area contributed by atoms with Crippen molar-refractivity contribution in [1.82, 2.24) is 15.1 Å². The van der Waals surface area contributed by atoms with Gasteiger partial charge in [0.25, 0.3) is 0 Å². The zero-order valence-corrected chi connectivity index (χ0v) is 13.9. The summed E-state index contributed by atoms with van der Waals surface area (Å²) in [5.41, 5.74) is 0. The number of likely N-dealkylation sites (tertiary alicyclic amines) is 2. The Morgan fingerprint density at radius 3 is 2.57 bits per heavy atom. The first kappa shape index (κ1) is 16.8. The highest BCUT2D eigenvalue weighted by Crippen LogP contribution is 2.22. The molecule has 0 radical (unpaired) electrons. The van der Waals surface area contributed by atoms with Gasteiger partial charge in [-0.25, -0.2) is 0 Å².